The molecular formula is C15H24N2O3S. The number of piperidine rings is 1. The molecule has 0 spiro atoms. The van der Waals surface area contributed by atoms with Crippen LogP contribution >= 0.6 is 0 Å². The van der Waals surface area contributed by atoms with Gasteiger partial charge < -0.3 is 10.1 Å². The predicted molar refractivity (Wildman–Crippen MR) is 82.5 cm³/mol. The molecule has 0 aromatic heterocycles. The van der Waals surface area contributed by atoms with Gasteiger partial charge in [0.15, 0.2) is 0 Å². The Bertz CT molecular complexity index is 574. The van der Waals surface area contributed by atoms with Crippen LogP contribution in [0.4, 0.5) is 0 Å². The van der Waals surface area contributed by atoms with E-state index < -0.39 is 10.0 Å². The average molecular weight is 312 g/mol. The molecule has 1 heterocycles. The Morgan fingerprint density at radius 3 is 2.86 bits per heavy atom. The number of nitrogens with zero attached hydrogens (tertiary/aromatic N) is 1. The second kappa shape index (κ2) is 6.87. The van der Waals surface area contributed by atoms with E-state index >= 15 is 0 Å². The van der Waals surface area contributed by atoms with E-state index in [1.54, 1.807) is 29.6 Å². The van der Waals surface area contributed by atoms with E-state index in [2.05, 4.69) is 12.2 Å². The molecule has 1 aliphatic heterocycles. The van der Waals surface area contributed by atoms with E-state index in [9.17, 15) is 8.42 Å². The highest BCUT2D eigenvalue weighted by atomic mass is 32.2. The molecule has 1 N–H and O–H groups in total. The minimum absolute atomic E-state index is 0.0333. The van der Waals surface area contributed by atoms with Gasteiger partial charge in [0.05, 0.1) is 11.0 Å². The first-order valence-corrected chi connectivity index (χ1v) is 8.69. The third kappa shape index (κ3) is 3.63. The third-order valence-corrected chi connectivity index (χ3v) is 5.93. The van der Waals surface area contributed by atoms with Crippen molar-refractivity contribution in [3.05, 3.63) is 29.8 Å². The first-order chi connectivity index (χ1) is 9.98. The van der Waals surface area contributed by atoms with Crippen molar-refractivity contribution in [3.63, 3.8) is 0 Å². The fraction of sp³-hybridized carbons (Fsp3) is 0.600. The average Bonchev–Trinajstić information content (AvgIpc) is 2.48. The third-order valence-electron chi connectivity index (χ3n) is 4.07. The summed E-state index contributed by atoms with van der Waals surface area (Å²) in [6.45, 7) is 3.74. The van der Waals surface area contributed by atoms with Crippen molar-refractivity contribution in [1.29, 1.82) is 0 Å². The molecule has 0 bridgehead atoms. The Morgan fingerprint density at radius 1 is 1.43 bits per heavy atom. The maximum Gasteiger partial charge on any atom is 0.243 e. The first-order valence-electron chi connectivity index (χ1n) is 7.25. The summed E-state index contributed by atoms with van der Waals surface area (Å²) in [6.07, 6.45) is 0.794. The maximum absolute atomic E-state index is 12.8. The van der Waals surface area contributed by atoms with E-state index in [0.29, 0.717) is 30.4 Å². The van der Waals surface area contributed by atoms with Gasteiger partial charge in [-0.25, -0.2) is 8.42 Å². The van der Waals surface area contributed by atoms with E-state index in [0.717, 1.165) is 12.0 Å². The van der Waals surface area contributed by atoms with E-state index in [-0.39, 0.29) is 6.10 Å². The number of benzene rings is 1. The topological polar surface area (TPSA) is 58.6 Å². The summed E-state index contributed by atoms with van der Waals surface area (Å²) in [4.78, 5) is 0.361. The molecule has 2 unspecified atom stereocenters. The van der Waals surface area contributed by atoms with Crippen LogP contribution in [-0.4, -0.2) is 46.1 Å². The van der Waals surface area contributed by atoms with Crippen LogP contribution in [0.25, 0.3) is 0 Å². The van der Waals surface area contributed by atoms with Gasteiger partial charge in [0.2, 0.25) is 10.0 Å². The molecule has 118 valence electrons. The minimum atomic E-state index is -3.44. The lowest BCUT2D eigenvalue weighted by molar-refractivity contribution is 0.0184. The van der Waals surface area contributed by atoms with Gasteiger partial charge in [0, 0.05) is 26.7 Å². The molecule has 1 fully saturated rings. The maximum atomic E-state index is 12.8. The van der Waals surface area contributed by atoms with Crippen molar-refractivity contribution in [3.8, 4) is 0 Å². The second-order valence-corrected chi connectivity index (χ2v) is 7.52. The molecule has 0 amide bonds. The van der Waals surface area contributed by atoms with Crippen molar-refractivity contribution in [1.82, 2.24) is 9.62 Å². The van der Waals surface area contributed by atoms with Crippen LogP contribution in [-0.2, 0) is 21.3 Å². The summed E-state index contributed by atoms with van der Waals surface area (Å²) in [5.41, 5.74) is 0.965. The Hall–Kier alpha value is -0.950. The smallest absolute Gasteiger partial charge is 0.243 e. The van der Waals surface area contributed by atoms with Gasteiger partial charge in [-0.15, -0.1) is 0 Å². The Labute approximate surface area is 127 Å². The van der Waals surface area contributed by atoms with Gasteiger partial charge in [-0.1, -0.05) is 19.1 Å². The predicted octanol–water partition coefficient (Wildman–Crippen LogP) is 1.45. The second-order valence-electron chi connectivity index (χ2n) is 5.58. The molecule has 5 nitrogen and oxygen atoms in total. The SMILES string of the molecule is CNCc1cccc(S(=O)(=O)N2CCC(C)C(OC)C2)c1. The number of methoxy groups -OCH3 is 1. The van der Waals surface area contributed by atoms with Crippen molar-refractivity contribution < 1.29 is 13.2 Å². The van der Waals surface area contributed by atoms with Gasteiger partial charge >= 0.3 is 0 Å². The Kier molecular flexibility index (Phi) is 5.37. The summed E-state index contributed by atoms with van der Waals surface area (Å²) in [5, 5.41) is 3.04. The van der Waals surface area contributed by atoms with Gasteiger partial charge in [-0.2, -0.15) is 4.31 Å². The van der Waals surface area contributed by atoms with Crippen LogP contribution in [0.1, 0.15) is 18.9 Å². The lowest BCUT2D eigenvalue weighted by Gasteiger charge is -2.35. The van der Waals surface area contributed by atoms with Crippen molar-refractivity contribution in [2.75, 3.05) is 27.2 Å². The van der Waals surface area contributed by atoms with E-state index in [1.807, 2.05) is 13.1 Å². The number of sulfonamides is 1. The Balaban J connectivity index is 2.23. The van der Waals surface area contributed by atoms with Crippen LogP contribution in [0.2, 0.25) is 0 Å². The molecule has 1 saturated heterocycles. The summed E-state index contributed by atoms with van der Waals surface area (Å²) < 4.78 is 32.5. The van der Waals surface area contributed by atoms with Gasteiger partial charge in [-0.3, -0.25) is 0 Å². The number of ether oxygens (including phenoxy) is 1. The number of rotatable bonds is 5. The molecule has 0 aliphatic carbocycles. The molecular weight excluding hydrogens is 288 g/mol. The van der Waals surface area contributed by atoms with Crippen molar-refractivity contribution in [2.45, 2.75) is 30.9 Å². The minimum Gasteiger partial charge on any atom is -0.380 e. The molecule has 1 aliphatic rings. The fourth-order valence-corrected chi connectivity index (χ4v) is 4.24. The standard InChI is InChI=1S/C15H24N2O3S/c1-12-7-8-17(11-15(12)20-3)21(18,19)14-6-4-5-13(9-14)10-16-2/h4-6,9,12,15-16H,7-8,10-11H2,1-3H3. The molecule has 0 saturated carbocycles. The number of hydrogen-bond donors (Lipinski definition) is 1. The van der Waals surface area contributed by atoms with Gasteiger partial charge in [-0.05, 0) is 37.1 Å². The lowest BCUT2D eigenvalue weighted by atomic mass is 9.97. The van der Waals surface area contributed by atoms with Gasteiger partial charge in [0.1, 0.15) is 0 Å². The lowest BCUT2D eigenvalue weighted by Crippen LogP contribution is -2.46. The van der Waals surface area contributed by atoms with Crippen molar-refractivity contribution >= 4 is 10.0 Å². The molecule has 2 atom stereocenters. The van der Waals surface area contributed by atoms with Crippen LogP contribution in [0, 0.1) is 5.92 Å². The summed E-state index contributed by atoms with van der Waals surface area (Å²) in [6, 6.07) is 7.12. The summed E-state index contributed by atoms with van der Waals surface area (Å²) >= 11 is 0. The monoisotopic (exact) mass is 312 g/mol. The molecule has 0 radical (unpaired) electrons. The fourth-order valence-electron chi connectivity index (χ4n) is 2.70. The quantitative estimate of drug-likeness (QED) is 0.894. The summed E-state index contributed by atoms with van der Waals surface area (Å²) in [5.74, 6) is 0.386. The largest absolute Gasteiger partial charge is 0.380 e. The highest BCUT2D eigenvalue weighted by Crippen LogP contribution is 2.25. The van der Waals surface area contributed by atoms with Crippen LogP contribution in [0.15, 0.2) is 29.2 Å². The zero-order chi connectivity index (χ0) is 15.5. The molecule has 21 heavy (non-hydrogen) atoms. The van der Waals surface area contributed by atoms with Crippen LogP contribution < -0.4 is 5.32 Å². The summed E-state index contributed by atoms with van der Waals surface area (Å²) in [7, 11) is 0.0436. The van der Waals surface area contributed by atoms with E-state index in [4.69, 9.17) is 4.74 Å². The van der Waals surface area contributed by atoms with E-state index in [1.165, 1.54) is 0 Å². The van der Waals surface area contributed by atoms with Crippen molar-refractivity contribution in [2.24, 2.45) is 5.92 Å². The zero-order valence-corrected chi connectivity index (χ0v) is 13.7. The number of nitrogens with one attached hydrogen (secondary N) is 1. The molecule has 1 aromatic rings. The highest BCUT2D eigenvalue weighted by molar-refractivity contribution is 7.89. The van der Waals surface area contributed by atoms with Gasteiger partial charge in [0.25, 0.3) is 0 Å². The molecule has 2 rings (SSSR count). The molecule has 6 heteroatoms. The Morgan fingerprint density at radius 2 is 2.19 bits per heavy atom. The molecule has 1 aromatic carbocycles. The first kappa shape index (κ1) is 16.4. The van der Waals surface area contributed by atoms with Crippen LogP contribution in [0.3, 0.4) is 0 Å². The van der Waals surface area contributed by atoms with Crippen LogP contribution in [0.5, 0.6) is 0 Å². The number of hydrogen-bond acceptors (Lipinski definition) is 4. The normalized spacial score (nSPS) is 24.1. The highest BCUT2D eigenvalue weighted by Gasteiger charge is 2.33. The zero-order valence-electron chi connectivity index (χ0n) is 12.9.